The number of nitrogens with zero attached hydrogens (tertiary/aromatic N) is 2. The summed E-state index contributed by atoms with van der Waals surface area (Å²) < 4.78 is 0. The largest absolute Gasteiger partial charge is 0.411 e. The highest BCUT2D eigenvalue weighted by molar-refractivity contribution is 5.84. The van der Waals surface area contributed by atoms with Crippen LogP contribution < -0.4 is 0 Å². The van der Waals surface area contributed by atoms with Gasteiger partial charge in [-0.15, -0.1) is 0 Å². The van der Waals surface area contributed by atoms with Gasteiger partial charge in [0.25, 0.3) is 0 Å². The molecule has 1 N–H and O–H groups in total. The van der Waals surface area contributed by atoms with Crippen LogP contribution in [-0.2, 0) is 12.8 Å². The van der Waals surface area contributed by atoms with Gasteiger partial charge in [0.15, 0.2) is 0 Å². The third-order valence-electron chi connectivity index (χ3n) is 4.10. The molecule has 2 rings (SSSR count). The van der Waals surface area contributed by atoms with Crippen LogP contribution in [0.15, 0.2) is 29.4 Å². The minimum absolute atomic E-state index is 0.910. The molecule has 0 radical (unpaired) electrons. The summed E-state index contributed by atoms with van der Waals surface area (Å²) in [6, 6.07) is 9.03. The maximum absolute atomic E-state index is 8.76. The summed E-state index contributed by atoms with van der Waals surface area (Å²) in [4.78, 5) is 2.47. The van der Waals surface area contributed by atoms with Gasteiger partial charge < -0.3 is 10.1 Å². The predicted octanol–water partition coefficient (Wildman–Crippen LogP) is 3.50. The van der Waals surface area contributed by atoms with Gasteiger partial charge in [0.1, 0.15) is 0 Å². The molecule has 1 aliphatic rings. The molecule has 0 atom stereocenters. The van der Waals surface area contributed by atoms with Gasteiger partial charge in [0.2, 0.25) is 0 Å². The van der Waals surface area contributed by atoms with Crippen LogP contribution in [0.3, 0.4) is 0 Å². The quantitative estimate of drug-likeness (QED) is 0.636. The van der Waals surface area contributed by atoms with E-state index in [1.54, 1.807) is 0 Å². The van der Waals surface area contributed by atoms with E-state index in [2.05, 4.69) is 41.2 Å². The molecule has 110 valence electrons. The molecule has 0 amide bonds. The van der Waals surface area contributed by atoms with Crippen molar-refractivity contribution in [1.29, 1.82) is 0 Å². The topological polar surface area (TPSA) is 35.8 Å². The van der Waals surface area contributed by atoms with Gasteiger partial charge in [-0.1, -0.05) is 42.8 Å². The molecule has 1 fully saturated rings. The van der Waals surface area contributed by atoms with E-state index in [1.165, 1.54) is 30.4 Å². The Morgan fingerprint density at radius 2 is 1.85 bits per heavy atom. The molecule has 0 unspecified atom stereocenters. The first-order valence-corrected chi connectivity index (χ1v) is 7.81. The van der Waals surface area contributed by atoms with E-state index in [0.717, 1.165) is 44.6 Å². The molecular weight excluding hydrogens is 248 g/mol. The van der Waals surface area contributed by atoms with Crippen LogP contribution in [0.5, 0.6) is 0 Å². The van der Waals surface area contributed by atoms with E-state index in [-0.39, 0.29) is 0 Å². The van der Waals surface area contributed by atoms with Crippen molar-refractivity contribution in [2.24, 2.45) is 5.16 Å². The molecule has 1 heterocycles. The summed E-state index contributed by atoms with van der Waals surface area (Å²) in [6.07, 6.45) is 6.67. The van der Waals surface area contributed by atoms with Crippen LogP contribution >= 0.6 is 0 Å². The normalized spacial score (nSPS) is 16.4. The van der Waals surface area contributed by atoms with Gasteiger partial charge in [0, 0.05) is 32.5 Å². The molecule has 1 aromatic rings. The van der Waals surface area contributed by atoms with Crippen molar-refractivity contribution in [3.05, 3.63) is 35.4 Å². The minimum atomic E-state index is 0.910. The number of hydrogen-bond acceptors (Lipinski definition) is 3. The molecule has 0 bridgehead atoms. The van der Waals surface area contributed by atoms with E-state index in [9.17, 15) is 0 Å². The molecule has 3 heteroatoms. The van der Waals surface area contributed by atoms with E-state index >= 15 is 0 Å². The van der Waals surface area contributed by atoms with Crippen molar-refractivity contribution in [1.82, 2.24) is 4.90 Å². The second-order valence-corrected chi connectivity index (χ2v) is 5.68. The lowest BCUT2D eigenvalue weighted by atomic mass is 10.0. The monoisotopic (exact) mass is 274 g/mol. The second-order valence-electron chi connectivity index (χ2n) is 5.68. The lowest BCUT2D eigenvalue weighted by Crippen LogP contribution is -2.35. The Morgan fingerprint density at radius 1 is 1.15 bits per heavy atom. The van der Waals surface area contributed by atoms with Gasteiger partial charge in [-0.05, 0) is 30.4 Å². The van der Waals surface area contributed by atoms with Gasteiger partial charge >= 0.3 is 0 Å². The van der Waals surface area contributed by atoms with Crippen LogP contribution in [-0.4, -0.2) is 35.5 Å². The molecule has 1 aromatic carbocycles. The first kappa shape index (κ1) is 15.0. The Morgan fingerprint density at radius 3 is 2.50 bits per heavy atom. The maximum atomic E-state index is 8.76. The molecule has 3 nitrogen and oxygen atoms in total. The van der Waals surface area contributed by atoms with Gasteiger partial charge in [0.05, 0.1) is 5.71 Å². The fourth-order valence-corrected chi connectivity index (χ4v) is 2.74. The highest BCUT2D eigenvalue weighted by Gasteiger charge is 2.14. The second kappa shape index (κ2) is 8.05. The summed E-state index contributed by atoms with van der Waals surface area (Å²) >= 11 is 0. The zero-order chi connectivity index (χ0) is 14.2. The summed E-state index contributed by atoms with van der Waals surface area (Å²) in [5.41, 5.74) is 3.86. The Hall–Kier alpha value is -1.35. The van der Waals surface area contributed by atoms with Crippen molar-refractivity contribution >= 4 is 5.71 Å². The van der Waals surface area contributed by atoms with Crippen molar-refractivity contribution < 1.29 is 5.21 Å². The molecule has 20 heavy (non-hydrogen) atoms. The molecular formula is C17H26N2O. The Kier molecular flexibility index (Phi) is 6.06. The third kappa shape index (κ3) is 4.64. The predicted molar refractivity (Wildman–Crippen MR) is 83.7 cm³/mol. The number of hydrogen-bond donors (Lipinski definition) is 1. The summed E-state index contributed by atoms with van der Waals surface area (Å²) in [5.74, 6) is 0. The van der Waals surface area contributed by atoms with Crippen LogP contribution in [0.4, 0.5) is 0 Å². The first-order valence-electron chi connectivity index (χ1n) is 7.81. The maximum Gasteiger partial charge on any atom is 0.0596 e. The smallest absolute Gasteiger partial charge is 0.0596 e. The Bertz CT molecular complexity index is 432. The van der Waals surface area contributed by atoms with Crippen molar-refractivity contribution in [2.75, 3.05) is 19.6 Å². The van der Waals surface area contributed by atoms with E-state index < -0.39 is 0 Å². The molecule has 0 spiro atoms. The van der Waals surface area contributed by atoms with Crippen molar-refractivity contribution in [2.45, 2.75) is 45.4 Å². The molecule has 0 aromatic heterocycles. The zero-order valence-corrected chi connectivity index (χ0v) is 12.5. The van der Waals surface area contributed by atoms with Crippen LogP contribution in [0.1, 0.15) is 43.7 Å². The van der Waals surface area contributed by atoms with Gasteiger partial charge in [-0.25, -0.2) is 0 Å². The molecule has 1 aliphatic heterocycles. The van der Waals surface area contributed by atoms with E-state index in [0.29, 0.717) is 0 Å². The fourth-order valence-electron chi connectivity index (χ4n) is 2.74. The number of oxime groups is 1. The number of unbranched alkanes of at least 4 members (excludes halogenated alkanes) is 1. The average molecular weight is 274 g/mol. The van der Waals surface area contributed by atoms with E-state index in [1.807, 2.05) is 0 Å². The number of likely N-dealkylation sites (tertiary alicyclic amines) is 1. The van der Waals surface area contributed by atoms with Crippen LogP contribution in [0.25, 0.3) is 0 Å². The zero-order valence-electron chi connectivity index (χ0n) is 12.5. The number of benzene rings is 1. The number of aryl methyl sites for hydroxylation is 1. The summed E-state index contributed by atoms with van der Waals surface area (Å²) in [7, 11) is 0. The Balaban J connectivity index is 1.79. The number of piperidine rings is 1. The Labute approximate surface area is 122 Å². The van der Waals surface area contributed by atoms with Crippen molar-refractivity contribution in [3.63, 3.8) is 0 Å². The molecule has 1 saturated heterocycles. The molecule has 0 saturated carbocycles. The third-order valence-corrected chi connectivity index (χ3v) is 4.10. The van der Waals surface area contributed by atoms with Gasteiger partial charge in [-0.3, -0.25) is 0 Å². The van der Waals surface area contributed by atoms with E-state index in [4.69, 9.17) is 5.21 Å². The van der Waals surface area contributed by atoms with Crippen LogP contribution in [0.2, 0.25) is 0 Å². The summed E-state index contributed by atoms with van der Waals surface area (Å²) in [6.45, 7) is 5.39. The fraction of sp³-hybridized carbons (Fsp3) is 0.588. The van der Waals surface area contributed by atoms with Crippen molar-refractivity contribution in [3.8, 4) is 0 Å². The van der Waals surface area contributed by atoms with Crippen LogP contribution in [0, 0.1) is 0 Å². The number of rotatable bonds is 6. The first-order chi connectivity index (χ1) is 9.81. The highest BCUT2D eigenvalue weighted by atomic mass is 16.4. The lowest BCUT2D eigenvalue weighted by molar-refractivity contribution is 0.265. The average Bonchev–Trinajstić information content (AvgIpc) is 2.52. The highest BCUT2D eigenvalue weighted by Crippen LogP contribution is 2.12. The SMILES string of the molecule is CCCCc1cccc(CCN2CCC(=NO)CC2)c1. The minimum Gasteiger partial charge on any atom is -0.411 e. The van der Waals surface area contributed by atoms with Gasteiger partial charge in [-0.2, -0.15) is 0 Å². The lowest BCUT2D eigenvalue weighted by Gasteiger charge is -2.26. The molecule has 0 aliphatic carbocycles. The standard InChI is InChI=1S/C17H26N2O/c1-2-3-5-15-6-4-7-16(14-15)8-11-19-12-9-17(18-20)10-13-19/h4,6-7,14,20H,2-3,5,8-13H2,1H3. The summed E-state index contributed by atoms with van der Waals surface area (Å²) in [5, 5.41) is 12.1.